The molecular formula is C14H27NO2. The molecule has 0 amide bonds. The molecule has 1 fully saturated rings. The normalized spacial score (nSPS) is 29.7. The van der Waals surface area contributed by atoms with Crippen LogP contribution in [0.25, 0.3) is 0 Å². The number of hydrogen-bond donors (Lipinski definition) is 1. The first-order chi connectivity index (χ1) is 7.89. The Morgan fingerprint density at radius 2 is 1.94 bits per heavy atom. The quantitative estimate of drug-likeness (QED) is 0.769. The summed E-state index contributed by atoms with van der Waals surface area (Å²) in [5.41, 5.74) is -0.544. The molecule has 1 N–H and O–H groups in total. The van der Waals surface area contributed by atoms with Gasteiger partial charge in [-0.15, -0.1) is 0 Å². The van der Waals surface area contributed by atoms with E-state index in [1.165, 1.54) is 13.5 Å². The van der Waals surface area contributed by atoms with Crippen molar-refractivity contribution >= 4 is 5.97 Å². The Labute approximate surface area is 105 Å². The third-order valence-electron chi connectivity index (χ3n) is 4.40. The van der Waals surface area contributed by atoms with Crippen LogP contribution < -0.4 is 5.32 Å². The minimum absolute atomic E-state index is 0.0399. The van der Waals surface area contributed by atoms with Crippen molar-refractivity contribution in [2.45, 2.75) is 71.4 Å². The molecule has 2 atom stereocenters. The van der Waals surface area contributed by atoms with Gasteiger partial charge in [-0.1, -0.05) is 33.6 Å². The minimum atomic E-state index is -0.505. The van der Waals surface area contributed by atoms with E-state index in [1.54, 1.807) is 0 Å². The zero-order chi connectivity index (χ0) is 13.1. The molecule has 3 heteroatoms. The van der Waals surface area contributed by atoms with Crippen molar-refractivity contribution in [3.63, 3.8) is 0 Å². The number of methoxy groups -OCH3 is 1. The second-order valence-electron chi connectivity index (χ2n) is 5.94. The van der Waals surface area contributed by atoms with Crippen LogP contribution in [0.3, 0.4) is 0 Å². The Morgan fingerprint density at radius 3 is 2.41 bits per heavy atom. The van der Waals surface area contributed by atoms with Crippen molar-refractivity contribution in [2.24, 2.45) is 5.41 Å². The molecule has 2 unspecified atom stereocenters. The Hall–Kier alpha value is -0.570. The van der Waals surface area contributed by atoms with Crippen molar-refractivity contribution in [1.29, 1.82) is 0 Å². The third-order valence-corrected chi connectivity index (χ3v) is 4.40. The van der Waals surface area contributed by atoms with E-state index in [1.807, 2.05) is 0 Å². The number of rotatable bonds is 4. The van der Waals surface area contributed by atoms with E-state index in [0.29, 0.717) is 6.04 Å². The van der Waals surface area contributed by atoms with Crippen LogP contribution >= 0.6 is 0 Å². The van der Waals surface area contributed by atoms with Gasteiger partial charge in [-0.25, -0.2) is 0 Å². The summed E-state index contributed by atoms with van der Waals surface area (Å²) < 4.78 is 5.07. The Kier molecular flexibility index (Phi) is 4.59. The Morgan fingerprint density at radius 1 is 1.35 bits per heavy atom. The lowest BCUT2D eigenvalue weighted by atomic mass is 9.62. The highest BCUT2D eigenvalue weighted by atomic mass is 16.5. The van der Waals surface area contributed by atoms with Gasteiger partial charge < -0.3 is 4.74 Å². The molecule has 0 aromatic rings. The van der Waals surface area contributed by atoms with Crippen LogP contribution in [-0.2, 0) is 9.53 Å². The van der Waals surface area contributed by atoms with Gasteiger partial charge in [-0.3, -0.25) is 10.1 Å². The number of nitrogens with one attached hydrogen (secondary N) is 1. The number of carbonyl (C=O) groups is 1. The fraction of sp³-hybridized carbons (Fsp3) is 0.929. The summed E-state index contributed by atoms with van der Waals surface area (Å²) in [6, 6.07) is 0.339. The highest BCUT2D eigenvalue weighted by Gasteiger charge is 2.53. The van der Waals surface area contributed by atoms with Crippen molar-refractivity contribution in [1.82, 2.24) is 5.32 Å². The maximum Gasteiger partial charge on any atom is 0.326 e. The largest absolute Gasteiger partial charge is 0.468 e. The second-order valence-corrected chi connectivity index (χ2v) is 5.94. The smallest absolute Gasteiger partial charge is 0.326 e. The first-order valence-corrected chi connectivity index (χ1v) is 6.75. The van der Waals surface area contributed by atoms with Crippen molar-refractivity contribution in [3.8, 4) is 0 Å². The van der Waals surface area contributed by atoms with Gasteiger partial charge in [0.2, 0.25) is 0 Å². The van der Waals surface area contributed by atoms with Gasteiger partial charge in [0.05, 0.1) is 7.11 Å². The first-order valence-electron chi connectivity index (χ1n) is 6.75. The van der Waals surface area contributed by atoms with Gasteiger partial charge in [0.15, 0.2) is 0 Å². The Bertz CT molecular complexity index is 275. The third kappa shape index (κ3) is 2.65. The van der Waals surface area contributed by atoms with Crippen LogP contribution in [0.15, 0.2) is 0 Å². The summed E-state index contributed by atoms with van der Waals surface area (Å²) in [6.07, 6.45) is 5.28. The molecule has 0 bridgehead atoms. The summed E-state index contributed by atoms with van der Waals surface area (Å²) in [5.74, 6) is -0.0949. The van der Waals surface area contributed by atoms with E-state index >= 15 is 0 Å². The molecule has 0 radical (unpaired) electrons. The second kappa shape index (κ2) is 5.38. The van der Waals surface area contributed by atoms with Crippen molar-refractivity contribution in [3.05, 3.63) is 0 Å². The van der Waals surface area contributed by atoms with Crippen LogP contribution in [0.4, 0.5) is 0 Å². The monoisotopic (exact) mass is 241 g/mol. The molecule has 0 aromatic carbocycles. The molecule has 17 heavy (non-hydrogen) atoms. The minimum Gasteiger partial charge on any atom is -0.468 e. The number of carbonyl (C=O) groups excluding carboxylic acids is 1. The zero-order valence-corrected chi connectivity index (χ0v) is 11.9. The lowest BCUT2D eigenvalue weighted by molar-refractivity contribution is -0.157. The zero-order valence-electron chi connectivity index (χ0n) is 11.9. The number of esters is 1. The molecule has 1 saturated carbocycles. The first kappa shape index (κ1) is 14.5. The summed E-state index contributed by atoms with van der Waals surface area (Å²) >= 11 is 0. The topological polar surface area (TPSA) is 38.3 Å². The van der Waals surface area contributed by atoms with Crippen LogP contribution in [0.2, 0.25) is 0 Å². The summed E-state index contributed by atoms with van der Waals surface area (Å²) in [6.45, 7) is 8.63. The fourth-order valence-corrected chi connectivity index (χ4v) is 2.91. The average molecular weight is 241 g/mol. The fourth-order valence-electron chi connectivity index (χ4n) is 2.91. The molecule has 1 aliphatic carbocycles. The summed E-state index contributed by atoms with van der Waals surface area (Å²) in [4.78, 5) is 12.3. The lowest BCUT2D eigenvalue weighted by Gasteiger charge is -2.49. The van der Waals surface area contributed by atoms with Gasteiger partial charge in [0, 0.05) is 6.04 Å². The number of hydrogen-bond acceptors (Lipinski definition) is 3. The van der Waals surface area contributed by atoms with Crippen LogP contribution in [0, 0.1) is 5.41 Å². The predicted octanol–water partition coefficient (Wildman–Crippen LogP) is 2.89. The highest BCUT2D eigenvalue weighted by molar-refractivity contribution is 5.82. The molecule has 0 saturated heterocycles. The van der Waals surface area contributed by atoms with Crippen LogP contribution in [0.1, 0.15) is 59.8 Å². The van der Waals surface area contributed by atoms with E-state index in [-0.39, 0.29) is 11.4 Å². The van der Waals surface area contributed by atoms with E-state index in [4.69, 9.17) is 4.74 Å². The van der Waals surface area contributed by atoms with Gasteiger partial charge in [0.25, 0.3) is 0 Å². The summed E-state index contributed by atoms with van der Waals surface area (Å²) in [7, 11) is 1.49. The SMILES string of the molecule is CCC(C)NC1(C(=O)OC)CCCCC1(C)C. The van der Waals surface area contributed by atoms with E-state index < -0.39 is 5.54 Å². The summed E-state index contributed by atoms with van der Waals surface area (Å²) in [5, 5.41) is 3.55. The molecular weight excluding hydrogens is 214 g/mol. The van der Waals surface area contributed by atoms with Crippen molar-refractivity contribution in [2.75, 3.05) is 7.11 Å². The number of ether oxygens (including phenoxy) is 1. The molecule has 0 heterocycles. The molecule has 100 valence electrons. The van der Waals surface area contributed by atoms with Gasteiger partial charge >= 0.3 is 5.97 Å². The predicted molar refractivity (Wildman–Crippen MR) is 69.9 cm³/mol. The maximum absolute atomic E-state index is 12.3. The van der Waals surface area contributed by atoms with Crippen molar-refractivity contribution < 1.29 is 9.53 Å². The van der Waals surface area contributed by atoms with E-state index in [0.717, 1.165) is 25.7 Å². The molecule has 0 spiro atoms. The highest BCUT2D eigenvalue weighted by Crippen LogP contribution is 2.44. The standard InChI is InChI=1S/C14H27NO2/c1-6-11(2)15-14(12(16)17-5)10-8-7-9-13(14,3)4/h11,15H,6-10H2,1-5H3. The molecule has 0 aromatic heterocycles. The molecule has 3 nitrogen and oxygen atoms in total. The average Bonchev–Trinajstić information content (AvgIpc) is 2.30. The van der Waals surface area contributed by atoms with Gasteiger partial charge in [-0.05, 0) is 31.6 Å². The lowest BCUT2D eigenvalue weighted by Crippen LogP contribution is -2.65. The maximum atomic E-state index is 12.3. The van der Waals surface area contributed by atoms with Crippen LogP contribution in [-0.4, -0.2) is 24.7 Å². The van der Waals surface area contributed by atoms with Gasteiger partial charge in [0.1, 0.15) is 5.54 Å². The molecule has 1 aliphatic rings. The van der Waals surface area contributed by atoms with E-state index in [2.05, 4.69) is 33.0 Å². The van der Waals surface area contributed by atoms with Crippen LogP contribution in [0.5, 0.6) is 0 Å². The molecule has 1 rings (SSSR count). The van der Waals surface area contributed by atoms with Gasteiger partial charge in [-0.2, -0.15) is 0 Å². The molecule has 0 aliphatic heterocycles. The Balaban J connectivity index is 3.03. The van der Waals surface area contributed by atoms with E-state index in [9.17, 15) is 4.79 Å².